The minimum Gasteiger partial charge on any atom is -0.481 e. The van der Waals surface area contributed by atoms with Gasteiger partial charge in [0.2, 0.25) is 0 Å². The van der Waals surface area contributed by atoms with E-state index in [1.165, 1.54) is 27.5 Å². The van der Waals surface area contributed by atoms with Gasteiger partial charge in [0.25, 0.3) is 0 Å². The van der Waals surface area contributed by atoms with E-state index in [0.29, 0.717) is 5.92 Å². The molecule has 0 fully saturated rings. The lowest BCUT2D eigenvalue weighted by Gasteiger charge is -2.45. The summed E-state index contributed by atoms with van der Waals surface area (Å²) in [4.78, 5) is 0. The predicted octanol–water partition coefficient (Wildman–Crippen LogP) is 6.08. The largest absolute Gasteiger partial charge is 0.481 e. The predicted molar refractivity (Wildman–Crippen MR) is 104 cm³/mol. The summed E-state index contributed by atoms with van der Waals surface area (Å²) in [5.41, 5.74) is 3.58. The summed E-state index contributed by atoms with van der Waals surface area (Å²) in [5.74, 6) is 1.31. The second-order valence-electron chi connectivity index (χ2n) is 7.86. The topological polar surface area (TPSA) is 9.23 Å². The Bertz CT molecular complexity index is 1030. The molecule has 0 saturated heterocycles. The Morgan fingerprint density at radius 2 is 1.64 bits per heavy atom. The minimum atomic E-state index is -0.341. The molecule has 0 aromatic heterocycles. The highest BCUT2D eigenvalue weighted by atomic mass is 16.5. The minimum absolute atomic E-state index is 0.0805. The van der Waals surface area contributed by atoms with E-state index in [1.54, 1.807) is 0 Å². The summed E-state index contributed by atoms with van der Waals surface area (Å²) in [6, 6.07) is 21.6. The van der Waals surface area contributed by atoms with Gasteiger partial charge in [0, 0.05) is 16.9 Å². The highest BCUT2D eigenvalue weighted by Crippen LogP contribution is 2.57. The number of fused-ring (bicyclic) bond motifs is 4. The first-order chi connectivity index (χ1) is 12.0. The summed E-state index contributed by atoms with van der Waals surface area (Å²) >= 11 is 0. The van der Waals surface area contributed by atoms with Gasteiger partial charge in [-0.15, -0.1) is 0 Å². The molecular weight excluding hydrogens is 304 g/mol. The van der Waals surface area contributed by atoms with E-state index in [4.69, 9.17) is 4.74 Å². The molecule has 1 aliphatic heterocycles. The van der Waals surface area contributed by atoms with Crippen molar-refractivity contribution in [3.63, 3.8) is 0 Å². The van der Waals surface area contributed by atoms with Crippen molar-refractivity contribution in [1.29, 1.82) is 0 Å². The standard InChI is InChI=1S/C24H22O/c1-16-18-9-6-7-11-21(18)23(2,3)24(16)15-14-20-19-10-5-4-8-17(19)12-13-22(20)25-24/h4-16H,1-3H3. The fourth-order valence-electron chi connectivity index (χ4n) is 4.95. The molecule has 0 bridgehead atoms. The van der Waals surface area contributed by atoms with E-state index < -0.39 is 0 Å². The van der Waals surface area contributed by atoms with Crippen molar-refractivity contribution in [2.24, 2.45) is 0 Å². The van der Waals surface area contributed by atoms with Gasteiger partial charge < -0.3 is 4.74 Å². The zero-order valence-corrected chi connectivity index (χ0v) is 14.9. The average Bonchev–Trinajstić information content (AvgIpc) is 2.81. The molecular formula is C24H22O. The second kappa shape index (κ2) is 4.76. The Hall–Kier alpha value is -2.54. The van der Waals surface area contributed by atoms with Crippen molar-refractivity contribution in [3.8, 4) is 5.75 Å². The van der Waals surface area contributed by atoms with Gasteiger partial charge in [0.15, 0.2) is 0 Å². The van der Waals surface area contributed by atoms with Crippen molar-refractivity contribution >= 4 is 16.8 Å². The van der Waals surface area contributed by atoms with Gasteiger partial charge in [-0.3, -0.25) is 0 Å². The Morgan fingerprint density at radius 1 is 0.880 bits per heavy atom. The molecule has 0 radical (unpaired) electrons. The Morgan fingerprint density at radius 3 is 2.48 bits per heavy atom. The monoisotopic (exact) mass is 326 g/mol. The van der Waals surface area contributed by atoms with Gasteiger partial charge in [-0.05, 0) is 34.0 Å². The molecule has 1 heterocycles. The van der Waals surface area contributed by atoms with Crippen LogP contribution in [0.3, 0.4) is 0 Å². The molecule has 2 unspecified atom stereocenters. The normalized spacial score (nSPS) is 25.6. The average molecular weight is 326 g/mol. The number of rotatable bonds is 0. The molecule has 0 amide bonds. The number of ether oxygens (including phenoxy) is 1. The molecule has 1 nitrogen and oxygen atoms in total. The molecule has 124 valence electrons. The number of benzene rings is 3. The van der Waals surface area contributed by atoms with Gasteiger partial charge in [0.1, 0.15) is 11.4 Å². The Balaban J connectivity index is 1.72. The van der Waals surface area contributed by atoms with Crippen molar-refractivity contribution in [2.75, 3.05) is 0 Å². The fraction of sp³-hybridized carbons (Fsp3) is 0.250. The van der Waals surface area contributed by atoms with Crippen LogP contribution in [0.4, 0.5) is 0 Å². The van der Waals surface area contributed by atoms with E-state index >= 15 is 0 Å². The SMILES string of the molecule is CC1c2ccccc2C(C)(C)C12C=Cc1c(ccc3ccccc13)O2. The van der Waals surface area contributed by atoms with Gasteiger partial charge in [-0.2, -0.15) is 0 Å². The van der Waals surface area contributed by atoms with Crippen LogP contribution < -0.4 is 4.74 Å². The lowest BCUT2D eigenvalue weighted by atomic mass is 9.70. The van der Waals surface area contributed by atoms with Crippen molar-refractivity contribution in [1.82, 2.24) is 0 Å². The first-order valence-electron chi connectivity index (χ1n) is 9.04. The Kier molecular flexibility index (Phi) is 2.81. The summed E-state index contributed by atoms with van der Waals surface area (Å²) in [6.07, 6.45) is 4.59. The van der Waals surface area contributed by atoms with Crippen molar-refractivity contribution < 1.29 is 4.74 Å². The van der Waals surface area contributed by atoms with E-state index in [9.17, 15) is 0 Å². The summed E-state index contributed by atoms with van der Waals surface area (Å²) in [5, 5.41) is 2.51. The van der Waals surface area contributed by atoms with E-state index in [1.807, 2.05) is 0 Å². The lowest BCUT2D eigenvalue weighted by molar-refractivity contribution is 0.0394. The van der Waals surface area contributed by atoms with Gasteiger partial charge in [-0.25, -0.2) is 0 Å². The van der Waals surface area contributed by atoms with Crippen LogP contribution >= 0.6 is 0 Å². The first-order valence-corrected chi connectivity index (χ1v) is 9.04. The summed E-state index contributed by atoms with van der Waals surface area (Å²) < 4.78 is 6.81. The quantitative estimate of drug-likeness (QED) is 0.486. The van der Waals surface area contributed by atoms with Crippen LogP contribution in [-0.2, 0) is 5.41 Å². The van der Waals surface area contributed by atoms with E-state index in [0.717, 1.165) is 5.75 Å². The number of hydrogen-bond acceptors (Lipinski definition) is 1. The lowest BCUT2D eigenvalue weighted by Crippen LogP contribution is -2.51. The molecule has 3 aromatic rings. The van der Waals surface area contributed by atoms with Gasteiger partial charge >= 0.3 is 0 Å². The van der Waals surface area contributed by atoms with Crippen LogP contribution in [0.15, 0.2) is 66.7 Å². The second-order valence-corrected chi connectivity index (χ2v) is 7.86. The summed E-state index contributed by atoms with van der Waals surface area (Å²) in [6.45, 7) is 6.92. The maximum atomic E-state index is 6.81. The third-order valence-corrected chi connectivity index (χ3v) is 6.43. The van der Waals surface area contributed by atoms with Crippen LogP contribution in [0.5, 0.6) is 5.75 Å². The maximum Gasteiger partial charge on any atom is 0.143 e. The van der Waals surface area contributed by atoms with E-state index in [-0.39, 0.29) is 11.0 Å². The molecule has 1 spiro atoms. The van der Waals surface area contributed by atoms with Crippen LogP contribution in [0.25, 0.3) is 16.8 Å². The van der Waals surface area contributed by atoms with Crippen LogP contribution in [0.1, 0.15) is 43.4 Å². The third-order valence-electron chi connectivity index (χ3n) is 6.43. The van der Waals surface area contributed by atoms with Gasteiger partial charge in [0.05, 0.1) is 0 Å². The van der Waals surface area contributed by atoms with Crippen LogP contribution in [0.2, 0.25) is 0 Å². The molecule has 1 heteroatoms. The zero-order valence-electron chi connectivity index (χ0n) is 14.9. The molecule has 2 atom stereocenters. The highest BCUT2D eigenvalue weighted by molar-refractivity contribution is 5.94. The Labute approximate surface area is 149 Å². The smallest absolute Gasteiger partial charge is 0.143 e. The zero-order chi connectivity index (χ0) is 17.2. The van der Waals surface area contributed by atoms with Crippen LogP contribution in [-0.4, -0.2) is 5.60 Å². The molecule has 25 heavy (non-hydrogen) atoms. The molecule has 3 aromatic carbocycles. The number of hydrogen-bond donors (Lipinski definition) is 0. The van der Waals surface area contributed by atoms with Crippen molar-refractivity contribution in [2.45, 2.75) is 37.7 Å². The highest BCUT2D eigenvalue weighted by Gasteiger charge is 2.58. The molecule has 5 rings (SSSR count). The molecule has 2 aliphatic rings. The fourth-order valence-corrected chi connectivity index (χ4v) is 4.95. The summed E-state index contributed by atoms with van der Waals surface area (Å²) in [7, 11) is 0. The molecule has 1 aliphatic carbocycles. The van der Waals surface area contributed by atoms with Gasteiger partial charge in [-0.1, -0.05) is 81.4 Å². The first kappa shape index (κ1) is 14.8. The third kappa shape index (κ3) is 1.73. The van der Waals surface area contributed by atoms with E-state index in [2.05, 4.69) is 93.6 Å². The maximum absolute atomic E-state index is 6.81. The molecule has 0 saturated carbocycles. The molecule has 0 N–H and O–H groups in total. The van der Waals surface area contributed by atoms with Crippen LogP contribution in [0, 0.1) is 0 Å². The van der Waals surface area contributed by atoms with Crippen molar-refractivity contribution in [3.05, 3.63) is 83.4 Å².